The Labute approximate surface area is 159 Å². The monoisotopic (exact) mass is 390 g/mol. The number of ether oxygens (including phenoxy) is 1. The molecule has 2 aromatic rings. The number of aliphatic hydroxyl groups excluding tert-OH is 2. The zero-order chi connectivity index (χ0) is 20.7. The number of hydrogen-bond acceptors (Lipinski definition) is 8. The van der Waals surface area contributed by atoms with E-state index in [-0.39, 0.29) is 12.9 Å². The summed E-state index contributed by atoms with van der Waals surface area (Å²) in [7, 11) is 0. The first-order valence-electron chi connectivity index (χ1n) is 8.10. The molecule has 0 aliphatic carbocycles. The lowest BCUT2D eigenvalue weighted by Crippen LogP contribution is -2.35. The van der Waals surface area contributed by atoms with Gasteiger partial charge in [-0.05, 0) is 5.56 Å². The first kappa shape index (κ1) is 20.8. The number of amides is 1. The van der Waals surface area contributed by atoms with Gasteiger partial charge >= 0.3 is 6.09 Å². The summed E-state index contributed by atoms with van der Waals surface area (Å²) in [6, 6.07) is 10.5. The fourth-order valence-corrected chi connectivity index (χ4v) is 2.37. The van der Waals surface area contributed by atoms with Gasteiger partial charge in [0.2, 0.25) is 0 Å². The van der Waals surface area contributed by atoms with E-state index < -0.39 is 52.3 Å². The predicted molar refractivity (Wildman–Crippen MR) is 95.7 cm³/mol. The molecule has 0 spiro atoms. The van der Waals surface area contributed by atoms with Crippen molar-refractivity contribution in [3.8, 4) is 5.75 Å². The van der Waals surface area contributed by atoms with Crippen molar-refractivity contribution in [2.24, 2.45) is 0 Å². The Morgan fingerprint density at radius 3 is 2.54 bits per heavy atom. The average molecular weight is 390 g/mol. The number of benzene rings is 2. The lowest BCUT2D eigenvalue weighted by Gasteiger charge is -2.20. The van der Waals surface area contributed by atoms with Crippen molar-refractivity contribution in [1.82, 2.24) is 5.32 Å². The van der Waals surface area contributed by atoms with E-state index in [1.807, 2.05) is 0 Å². The molecule has 4 N–H and O–H groups in total. The number of carbonyl (C=O) groups is 2. The van der Waals surface area contributed by atoms with Crippen LogP contribution < -0.4 is 5.32 Å². The minimum atomic E-state index is -1.80. The lowest BCUT2D eigenvalue weighted by molar-refractivity contribution is -0.385. The third kappa shape index (κ3) is 5.25. The number of phenolic OH excluding ortho intramolecular Hbond substituents is 1. The van der Waals surface area contributed by atoms with Crippen LogP contribution in [0.4, 0.5) is 10.5 Å². The lowest BCUT2D eigenvalue weighted by atomic mass is 9.99. The molecular formula is C18H18N2O8. The maximum atomic E-state index is 11.7. The Morgan fingerprint density at radius 1 is 1.25 bits per heavy atom. The fraction of sp³-hybridized carbons (Fsp3) is 0.222. The molecule has 2 unspecified atom stereocenters. The number of nitrogens with one attached hydrogen (secondary N) is 1. The average Bonchev–Trinajstić information content (AvgIpc) is 2.70. The summed E-state index contributed by atoms with van der Waals surface area (Å²) >= 11 is 0. The highest BCUT2D eigenvalue weighted by Crippen LogP contribution is 2.33. The van der Waals surface area contributed by atoms with Crippen molar-refractivity contribution >= 4 is 18.1 Å². The van der Waals surface area contributed by atoms with Crippen molar-refractivity contribution in [1.29, 1.82) is 0 Å². The molecule has 0 heterocycles. The number of phenols is 1. The molecule has 0 aliphatic rings. The van der Waals surface area contributed by atoms with Crippen molar-refractivity contribution in [2.45, 2.75) is 18.8 Å². The van der Waals surface area contributed by atoms with E-state index in [0.717, 1.165) is 17.7 Å². The second-order valence-corrected chi connectivity index (χ2v) is 5.80. The summed E-state index contributed by atoms with van der Waals surface area (Å²) in [6.07, 6.45) is -4.10. The minimum absolute atomic E-state index is 0.000313. The summed E-state index contributed by atoms with van der Waals surface area (Å²) < 4.78 is 4.95. The van der Waals surface area contributed by atoms with Gasteiger partial charge < -0.3 is 25.4 Å². The molecule has 0 bridgehead atoms. The molecule has 148 valence electrons. The Bertz CT molecular complexity index is 856. The molecule has 0 radical (unpaired) electrons. The van der Waals surface area contributed by atoms with E-state index in [4.69, 9.17) is 4.74 Å². The van der Waals surface area contributed by atoms with Gasteiger partial charge in [-0.15, -0.1) is 0 Å². The van der Waals surface area contributed by atoms with Crippen LogP contribution in [0.1, 0.15) is 27.6 Å². The van der Waals surface area contributed by atoms with Gasteiger partial charge in [0.15, 0.2) is 6.29 Å². The second-order valence-electron chi connectivity index (χ2n) is 5.80. The van der Waals surface area contributed by atoms with E-state index >= 15 is 0 Å². The molecule has 0 aromatic heterocycles. The molecule has 2 atom stereocenters. The molecule has 0 saturated carbocycles. The molecule has 28 heavy (non-hydrogen) atoms. The van der Waals surface area contributed by atoms with Gasteiger partial charge in [0.1, 0.15) is 24.6 Å². The molecule has 0 aliphatic heterocycles. The summed E-state index contributed by atoms with van der Waals surface area (Å²) in [5, 5.41) is 43.3. The van der Waals surface area contributed by atoms with Crippen LogP contribution in [0.3, 0.4) is 0 Å². The number of nitrogens with zero attached hydrogens (tertiary/aromatic N) is 1. The molecule has 0 saturated heterocycles. The smallest absolute Gasteiger partial charge is 0.407 e. The van der Waals surface area contributed by atoms with Gasteiger partial charge in [-0.25, -0.2) is 4.79 Å². The molecule has 2 aromatic carbocycles. The van der Waals surface area contributed by atoms with Gasteiger partial charge in [-0.3, -0.25) is 14.9 Å². The Hall–Kier alpha value is -3.50. The van der Waals surface area contributed by atoms with Crippen LogP contribution in [0.5, 0.6) is 5.75 Å². The van der Waals surface area contributed by atoms with E-state index in [2.05, 4.69) is 5.32 Å². The van der Waals surface area contributed by atoms with E-state index in [1.54, 1.807) is 30.3 Å². The van der Waals surface area contributed by atoms with E-state index in [0.29, 0.717) is 0 Å². The SMILES string of the molecule is O=Cc1cc([N+](=O)[O-])cc(C(O)C(O)CNC(=O)OCc2ccccc2)c1O. The van der Waals surface area contributed by atoms with E-state index in [9.17, 15) is 35.0 Å². The zero-order valence-corrected chi connectivity index (χ0v) is 14.5. The second kappa shape index (κ2) is 9.44. The van der Waals surface area contributed by atoms with Gasteiger partial charge in [-0.2, -0.15) is 0 Å². The first-order chi connectivity index (χ1) is 13.3. The number of carbonyl (C=O) groups excluding carboxylic acids is 2. The fourth-order valence-electron chi connectivity index (χ4n) is 2.37. The number of alkyl carbamates (subject to hydrolysis) is 1. The number of nitro groups is 1. The molecule has 10 nitrogen and oxygen atoms in total. The Morgan fingerprint density at radius 2 is 1.93 bits per heavy atom. The molecule has 10 heteroatoms. The van der Waals surface area contributed by atoms with Gasteiger partial charge in [0, 0.05) is 24.2 Å². The summed E-state index contributed by atoms with van der Waals surface area (Å²) in [5.41, 5.74) is -0.619. The predicted octanol–water partition coefficient (Wildman–Crippen LogP) is 1.43. The van der Waals surface area contributed by atoms with Crippen LogP contribution in [-0.4, -0.2) is 45.3 Å². The number of rotatable bonds is 8. The van der Waals surface area contributed by atoms with Crippen LogP contribution >= 0.6 is 0 Å². The van der Waals surface area contributed by atoms with Gasteiger partial charge in [0.25, 0.3) is 5.69 Å². The summed E-state index contributed by atoms with van der Waals surface area (Å²) in [4.78, 5) is 32.7. The maximum Gasteiger partial charge on any atom is 0.407 e. The molecular weight excluding hydrogens is 372 g/mol. The van der Waals surface area contributed by atoms with Crippen molar-refractivity contribution in [3.63, 3.8) is 0 Å². The standard InChI is InChI=1S/C18H18N2O8/c21-9-12-6-13(20(26)27)7-14(16(12)23)17(24)15(22)8-19-18(25)28-10-11-4-2-1-3-5-11/h1-7,9,15,17,22-24H,8,10H2,(H,19,25). The Balaban J connectivity index is 1.99. The van der Waals surface area contributed by atoms with Crippen LogP contribution in [0.2, 0.25) is 0 Å². The van der Waals surface area contributed by atoms with Crippen LogP contribution in [0.25, 0.3) is 0 Å². The molecule has 2 rings (SSSR count). The zero-order valence-electron chi connectivity index (χ0n) is 14.5. The summed E-state index contributed by atoms with van der Waals surface area (Å²) in [5.74, 6) is -0.696. The minimum Gasteiger partial charge on any atom is -0.507 e. The topological polar surface area (TPSA) is 159 Å². The number of nitro benzene ring substituents is 1. The third-order valence-electron chi connectivity index (χ3n) is 3.84. The molecule has 1 amide bonds. The third-order valence-corrected chi connectivity index (χ3v) is 3.84. The Kier molecular flexibility index (Phi) is 7.02. The number of hydrogen-bond donors (Lipinski definition) is 4. The first-order valence-corrected chi connectivity index (χ1v) is 8.10. The van der Waals surface area contributed by atoms with Crippen LogP contribution in [0.15, 0.2) is 42.5 Å². The van der Waals surface area contributed by atoms with Crippen molar-refractivity contribution < 1.29 is 34.6 Å². The highest BCUT2D eigenvalue weighted by molar-refractivity contribution is 5.81. The largest absolute Gasteiger partial charge is 0.507 e. The number of aliphatic hydroxyl groups is 2. The number of aromatic hydroxyl groups is 1. The van der Waals surface area contributed by atoms with Gasteiger partial charge in [0.05, 0.1) is 10.5 Å². The van der Waals surface area contributed by atoms with Crippen LogP contribution in [0, 0.1) is 10.1 Å². The normalized spacial score (nSPS) is 12.6. The van der Waals surface area contributed by atoms with Crippen molar-refractivity contribution in [2.75, 3.05) is 6.54 Å². The highest BCUT2D eigenvalue weighted by atomic mass is 16.6. The number of aldehydes is 1. The van der Waals surface area contributed by atoms with E-state index in [1.165, 1.54) is 0 Å². The quantitative estimate of drug-likeness (QED) is 0.299. The van der Waals surface area contributed by atoms with Gasteiger partial charge in [-0.1, -0.05) is 30.3 Å². The summed E-state index contributed by atoms with van der Waals surface area (Å²) in [6.45, 7) is -0.465. The maximum absolute atomic E-state index is 11.7. The van der Waals surface area contributed by atoms with Crippen LogP contribution in [-0.2, 0) is 11.3 Å². The molecule has 0 fully saturated rings. The van der Waals surface area contributed by atoms with Crippen molar-refractivity contribution in [3.05, 3.63) is 69.3 Å². The highest BCUT2D eigenvalue weighted by Gasteiger charge is 2.26. The number of non-ortho nitro benzene ring substituents is 1.